The van der Waals surface area contributed by atoms with E-state index in [1.165, 1.54) is 18.2 Å². The van der Waals surface area contributed by atoms with Gasteiger partial charge in [-0.3, -0.25) is 0 Å². The lowest BCUT2D eigenvalue weighted by atomic mass is 10.1. The number of hydrogen-bond donors (Lipinski definition) is 3. The third-order valence-electron chi connectivity index (χ3n) is 4.47. The van der Waals surface area contributed by atoms with Gasteiger partial charge < -0.3 is 20.5 Å². The molecule has 0 spiro atoms. The zero-order valence-electron chi connectivity index (χ0n) is 17.5. The molecule has 0 fully saturated rings. The highest BCUT2D eigenvalue weighted by atomic mass is 32.1. The molecule has 0 aliphatic carbocycles. The SMILES string of the molecule is Cc1nc2cc(Nc3cc(-c4cccc(OC(F)(F)F)c4)nc(NCCCO)n3)ccc2s1. The van der Waals surface area contributed by atoms with E-state index in [9.17, 15) is 13.2 Å². The van der Waals surface area contributed by atoms with Crippen LogP contribution in [0.15, 0.2) is 48.5 Å². The largest absolute Gasteiger partial charge is 0.573 e. The van der Waals surface area contributed by atoms with E-state index in [0.29, 0.717) is 30.0 Å². The van der Waals surface area contributed by atoms with Gasteiger partial charge in [-0.25, -0.2) is 9.97 Å². The second-order valence-electron chi connectivity index (χ2n) is 7.08. The summed E-state index contributed by atoms with van der Waals surface area (Å²) in [5, 5.41) is 16.2. The summed E-state index contributed by atoms with van der Waals surface area (Å²) in [6.45, 7) is 2.37. The van der Waals surface area contributed by atoms with Crippen molar-refractivity contribution in [3.63, 3.8) is 0 Å². The molecule has 2 aromatic heterocycles. The number of fused-ring (bicyclic) bond motifs is 1. The van der Waals surface area contributed by atoms with Crippen molar-refractivity contribution in [3.05, 3.63) is 53.5 Å². The second-order valence-corrected chi connectivity index (χ2v) is 8.32. The second kappa shape index (κ2) is 9.59. The number of benzene rings is 2. The zero-order valence-corrected chi connectivity index (χ0v) is 18.3. The summed E-state index contributed by atoms with van der Waals surface area (Å²) in [6.07, 6.45) is -4.30. The molecule has 0 aliphatic heterocycles. The number of ether oxygens (including phenoxy) is 1. The van der Waals surface area contributed by atoms with E-state index >= 15 is 0 Å². The van der Waals surface area contributed by atoms with Gasteiger partial charge in [0, 0.05) is 30.5 Å². The van der Waals surface area contributed by atoms with Gasteiger partial charge in [0.1, 0.15) is 11.6 Å². The molecule has 0 bridgehead atoms. The molecule has 0 aliphatic rings. The number of aryl methyl sites for hydroxylation is 1. The molecule has 7 nitrogen and oxygen atoms in total. The quantitative estimate of drug-likeness (QED) is 0.290. The summed E-state index contributed by atoms with van der Waals surface area (Å²) in [4.78, 5) is 13.4. The summed E-state index contributed by atoms with van der Waals surface area (Å²) in [5.41, 5.74) is 2.44. The first kappa shape index (κ1) is 22.7. The number of aromatic nitrogens is 3. The number of alkyl halides is 3. The lowest BCUT2D eigenvalue weighted by molar-refractivity contribution is -0.274. The summed E-state index contributed by atoms with van der Waals surface area (Å²) in [7, 11) is 0. The van der Waals surface area contributed by atoms with Crippen LogP contribution in [0, 0.1) is 6.92 Å². The summed E-state index contributed by atoms with van der Waals surface area (Å²) >= 11 is 1.60. The van der Waals surface area contributed by atoms with Crippen LogP contribution in [0.1, 0.15) is 11.4 Å². The van der Waals surface area contributed by atoms with Crippen molar-refractivity contribution in [2.24, 2.45) is 0 Å². The molecular formula is C22H20F3N5O2S. The van der Waals surface area contributed by atoms with Gasteiger partial charge in [0.15, 0.2) is 0 Å². The van der Waals surface area contributed by atoms with Gasteiger partial charge in [-0.1, -0.05) is 12.1 Å². The Morgan fingerprint density at radius 1 is 1.06 bits per heavy atom. The number of anilines is 3. The van der Waals surface area contributed by atoms with Gasteiger partial charge in [-0.05, 0) is 43.7 Å². The highest BCUT2D eigenvalue weighted by molar-refractivity contribution is 7.18. The molecule has 0 radical (unpaired) electrons. The molecule has 4 rings (SSSR count). The maximum absolute atomic E-state index is 12.6. The van der Waals surface area contributed by atoms with E-state index in [1.54, 1.807) is 23.5 Å². The highest BCUT2D eigenvalue weighted by Crippen LogP contribution is 2.30. The number of aliphatic hydroxyl groups excluding tert-OH is 1. The number of hydrogen-bond acceptors (Lipinski definition) is 8. The minimum Gasteiger partial charge on any atom is -0.406 e. The van der Waals surface area contributed by atoms with Crippen molar-refractivity contribution in [2.45, 2.75) is 19.7 Å². The minimum atomic E-state index is -4.79. The van der Waals surface area contributed by atoms with E-state index in [2.05, 4.69) is 30.3 Å². The monoisotopic (exact) mass is 475 g/mol. The Hall–Kier alpha value is -3.44. The average molecular weight is 475 g/mol. The fourth-order valence-corrected chi connectivity index (χ4v) is 3.95. The Labute approximate surface area is 191 Å². The maximum atomic E-state index is 12.6. The molecule has 2 heterocycles. The van der Waals surface area contributed by atoms with Gasteiger partial charge in [-0.15, -0.1) is 24.5 Å². The van der Waals surface area contributed by atoms with Crippen LogP contribution < -0.4 is 15.4 Å². The Bertz CT molecular complexity index is 1260. The fourth-order valence-electron chi connectivity index (χ4n) is 3.14. The van der Waals surface area contributed by atoms with Crippen LogP contribution in [-0.4, -0.2) is 39.6 Å². The molecular weight excluding hydrogens is 455 g/mol. The molecule has 0 atom stereocenters. The average Bonchev–Trinajstić information content (AvgIpc) is 3.12. The smallest absolute Gasteiger partial charge is 0.406 e. The Kier molecular flexibility index (Phi) is 6.61. The van der Waals surface area contributed by atoms with Gasteiger partial charge in [0.2, 0.25) is 5.95 Å². The molecule has 0 saturated carbocycles. The fraction of sp³-hybridized carbons (Fsp3) is 0.227. The maximum Gasteiger partial charge on any atom is 0.573 e. The van der Waals surface area contributed by atoms with Crippen LogP contribution >= 0.6 is 11.3 Å². The molecule has 2 aromatic carbocycles. The van der Waals surface area contributed by atoms with E-state index in [0.717, 1.165) is 20.9 Å². The Balaban J connectivity index is 1.67. The molecule has 3 N–H and O–H groups in total. The molecule has 0 unspecified atom stereocenters. The van der Waals surface area contributed by atoms with Crippen LogP contribution in [0.25, 0.3) is 21.5 Å². The third-order valence-corrected chi connectivity index (χ3v) is 5.43. The number of nitrogens with one attached hydrogen (secondary N) is 2. The molecule has 11 heteroatoms. The number of rotatable bonds is 8. The summed E-state index contributed by atoms with van der Waals surface area (Å²) in [6, 6.07) is 13.0. The normalized spacial score (nSPS) is 11.5. The summed E-state index contributed by atoms with van der Waals surface area (Å²) in [5.74, 6) is 0.378. The zero-order chi connectivity index (χ0) is 23.4. The van der Waals surface area contributed by atoms with E-state index in [4.69, 9.17) is 5.11 Å². The standard InChI is InChI=1S/C22H20F3N5O2S/c1-13-27-18-11-15(6-7-19(18)33-13)28-20-12-17(29-21(30-20)26-8-3-9-31)14-4-2-5-16(10-14)32-22(23,24)25/h2,4-7,10-12,31H,3,8-9H2,1H3,(H2,26,28,29,30). The molecule has 4 aromatic rings. The molecule has 33 heavy (non-hydrogen) atoms. The van der Waals surface area contributed by atoms with Crippen LogP contribution in [-0.2, 0) is 0 Å². The van der Waals surface area contributed by atoms with Gasteiger partial charge >= 0.3 is 6.36 Å². The number of thiazole rings is 1. The first-order valence-corrected chi connectivity index (χ1v) is 10.8. The van der Waals surface area contributed by atoms with Crippen molar-refractivity contribution in [1.29, 1.82) is 0 Å². The van der Waals surface area contributed by atoms with Crippen molar-refractivity contribution in [3.8, 4) is 17.0 Å². The van der Waals surface area contributed by atoms with Crippen LogP contribution in [0.5, 0.6) is 5.75 Å². The van der Waals surface area contributed by atoms with Crippen molar-refractivity contribution in [1.82, 2.24) is 15.0 Å². The number of halogens is 3. The van der Waals surface area contributed by atoms with Crippen molar-refractivity contribution < 1.29 is 23.0 Å². The third kappa shape index (κ3) is 6.08. The first-order valence-electron chi connectivity index (χ1n) is 10.0. The minimum absolute atomic E-state index is 0.00168. The van der Waals surface area contributed by atoms with Gasteiger partial charge in [-0.2, -0.15) is 4.98 Å². The van der Waals surface area contributed by atoms with Crippen molar-refractivity contribution in [2.75, 3.05) is 23.8 Å². The lowest BCUT2D eigenvalue weighted by Gasteiger charge is -2.13. The van der Waals surface area contributed by atoms with E-state index in [-0.39, 0.29) is 18.3 Å². The Morgan fingerprint density at radius 3 is 2.70 bits per heavy atom. The molecule has 172 valence electrons. The number of aliphatic hydroxyl groups is 1. The predicted octanol–water partition coefficient (Wildman–Crippen LogP) is 5.50. The van der Waals surface area contributed by atoms with Gasteiger partial charge in [0.05, 0.1) is 20.9 Å². The number of nitrogens with zero attached hydrogens (tertiary/aromatic N) is 3. The first-order chi connectivity index (χ1) is 15.8. The van der Waals surface area contributed by atoms with Crippen LogP contribution in [0.2, 0.25) is 0 Å². The topological polar surface area (TPSA) is 92.2 Å². The van der Waals surface area contributed by atoms with E-state index in [1.807, 2.05) is 25.1 Å². The highest BCUT2D eigenvalue weighted by Gasteiger charge is 2.31. The van der Waals surface area contributed by atoms with Crippen molar-refractivity contribution >= 4 is 39.0 Å². The van der Waals surface area contributed by atoms with E-state index < -0.39 is 6.36 Å². The van der Waals surface area contributed by atoms with Gasteiger partial charge in [0.25, 0.3) is 0 Å². The Morgan fingerprint density at radius 2 is 1.91 bits per heavy atom. The van der Waals surface area contributed by atoms with Crippen LogP contribution in [0.4, 0.5) is 30.6 Å². The van der Waals surface area contributed by atoms with Crippen LogP contribution in [0.3, 0.4) is 0 Å². The summed E-state index contributed by atoms with van der Waals surface area (Å²) < 4.78 is 43.0. The molecule has 0 amide bonds. The molecule has 0 saturated heterocycles. The lowest BCUT2D eigenvalue weighted by Crippen LogP contribution is -2.17. The predicted molar refractivity (Wildman–Crippen MR) is 122 cm³/mol.